The van der Waals surface area contributed by atoms with Gasteiger partial charge in [0.15, 0.2) is 0 Å². The summed E-state index contributed by atoms with van der Waals surface area (Å²) in [6.07, 6.45) is 0. The molecule has 1 heterocycles. The van der Waals surface area contributed by atoms with Crippen molar-refractivity contribution >= 4 is 0 Å². The van der Waals surface area contributed by atoms with Crippen molar-refractivity contribution in [3.63, 3.8) is 0 Å². The summed E-state index contributed by atoms with van der Waals surface area (Å²) in [4.78, 5) is 0. The van der Waals surface area contributed by atoms with E-state index in [-0.39, 0.29) is 16.4 Å². The summed E-state index contributed by atoms with van der Waals surface area (Å²) < 4.78 is 5.65. The molecule has 1 rings (SSSR count). The Kier molecular flexibility index (Phi) is 2.16. The van der Waals surface area contributed by atoms with Crippen LogP contribution in [0.4, 0.5) is 0 Å². The van der Waals surface area contributed by atoms with Gasteiger partial charge in [0.25, 0.3) is 0 Å². The number of hydrogen-bond acceptors (Lipinski definition) is 1. The summed E-state index contributed by atoms with van der Waals surface area (Å²) in [5.74, 6) is 0. The molecule has 1 unspecified atom stereocenters. The van der Waals surface area contributed by atoms with Gasteiger partial charge in [-0.2, -0.15) is 0 Å². The van der Waals surface area contributed by atoms with E-state index in [0.717, 1.165) is 6.61 Å². The van der Waals surface area contributed by atoms with E-state index in [9.17, 15) is 0 Å². The first-order chi connectivity index (χ1) is 5.61. The van der Waals surface area contributed by atoms with Crippen LogP contribution >= 0.6 is 0 Å². The molecule has 0 bridgehead atoms. The van der Waals surface area contributed by atoms with Gasteiger partial charge in [0.05, 0.1) is 6.61 Å². The lowest BCUT2D eigenvalue weighted by Crippen LogP contribution is -2.36. The molecule has 0 aromatic rings. The molecule has 0 amide bonds. The van der Waals surface area contributed by atoms with Crippen LogP contribution in [0, 0.1) is 10.8 Å². The van der Waals surface area contributed by atoms with Crippen LogP contribution in [0.3, 0.4) is 0 Å². The summed E-state index contributed by atoms with van der Waals surface area (Å²) in [6.45, 7) is 18.3. The van der Waals surface area contributed by atoms with E-state index in [2.05, 4.69) is 48.1 Å². The monoisotopic (exact) mass is 182 g/mol. The zero-order valence-electron chi connectivity index (χ0n) is 9.82. The summed E-state index contributed by atoms with van der Waals surface area (Å²) in [6, 6.07) is 0. The largest absolute Gasteiger partial charge is 0.364 e. The third kappa shape index (κ3) is 1.67. The molecule has 1 nitrogen and oxygen atoms in total. The van der Waals surface area contributed by atoms with Gasteiger partial charge in [-0.3, -0.25) is 0 Å². The van der Waals surface area contributed by atoms with Crippen LogP contribution in [0.2, 0.25) is 0 Å². The molecular formula is C12H22O. The van der Waals surface area contributed by atoms with Crippen molar-refractivity contribution in [3.8, 4) is 0 Å². The molecule has 1 aliphatic rings. The van der Waals surface area contributed by atoms with Crippen LogP contribution < -0.4 is 0 Å². The minimum absolute atomic E-state index is 0.0642. The van der Waals surface area contributed by atoms with Gasteiger partial charge in [-0.05, 0) is 16.4 Å². The third-order valence-corrected chi connectivity index (χ3v) is 3.04. The lowest BCUT2D eigenvalue weighted by atomic mass is 9.69. The summed E-state index contributed by atoms with van der Waals surface area (Å²) in [5.41, 5.74) is 1.47. The molecule has 1 aliphatic heterocycles. The van der Waals surface area contributed by atoms with Crippen LogP contribution in [0.5, 0.6) is 0 Å². The van der Waals surface area contributed by atoms with Crippen molar-refractivity contribution in [2.45, 2.75) is 47.1 Å². The maximum Gasteiger partial charge on any atom is 0.118 e. The van der Waals surface area contributed by atoms with Crippen molar-refractivity contribution in [2.75, 3.05) is 6.61 Å². The minimum atomic E-state index is -0.0642. The quantitative estimate of drug-likeness (QED) is 0.447. The second kappa shape index (κ2) is 2.60. The highest BCUT2D eigenvalue weighted by atomic mass is 16.6. The predicted molar refractivity (Wildman–Crippen MR) is 56.7 cm³/mol. The molecule has 1 fully saturated rings. The number of hydrogen-bond donors (Lipinski definition) is 0. The maximum absolute atomic E-state index is 5.65. The van der Waals surface area contributed by atoms with Crippen LogP contribution in [-0.2, 0) is 4.74 Å². The van der Waals surface area contributed by atoms with Crippen molar-refractivity contribution in [1.82, 2.24) is 0 Å². The van der Waals surface area contributed by atoms with E-state index in [1.165, 1.54) is 5.57 Å². The number of epoxide rings is 1. The SMILES string of the molecule is C=C(C(C)(C)C)C1(C(C)(C)C)CO1. The van der Waals surface area contributed by atoms with E-state index < -0.39 is 0 Å². The molecule has 1 heteroatoms. The molecular weight excluding hydrogens is 160 g/mol. The molecule has 76 valence electrons. The van der Waals surface area contributed by atoms with Crippen molar-refractivity contribution in [2.24, 2.45) is 10.8 Å². The van der Waals surface area contributed by atoms with Gasteiger partial charge in [0.2, 0.25) is 0 Å². The van der Waals surface area contributed by atoms with Gasteiger partial charge in [0, 0.05) is 0 Å². The van der Waals surface area contributed by atoms with Crippen LogP contribution in [0.25, 0.3) is 0 Å². The highest BCUT2D eigenvalue weighted by Crippen LogP contribution is 2.53. The fourth-order valence-corrected chi connectivity index (χ4v) is 1.74. The van der Waals surface area contributed by atoms with E-state index >= 15 is 0 Å². The Morgan fingerprint density at radius 2 is 1.54 bits per heavy atom. The van der Waals surface area contributed by atoms with Gasteiger partial charge in [0.1, 0.15) is 5.60 Å². The van der Waals surface area contributed by atoms with E-state index in [1.54, 1.807) is 0 Å². The second-order valence-electron chi connectivity index (χ2n) is 6.09. The molecule has 0 aliphatic carbocycles. The molecule has 1 atom stereocenters. The first-order valence-corrected chi connectivity index (χ1v) is 4.95. The molecule has 0 N–H and O–H groups in total. The fraction of sp³-hybridized carbons (Fsp3) is 0.833. The molecule has 0 saturated carbocycles. The van der Waals surface area contributed by atoms with Crippen molar-refractivity contribution < 1.29 is 4.74 Å². The van der Waals surface area contributed by atoms with E-state index in [4.69, 9.17) is 4.74 Å². The highest BCUT2D eigenvalue weighted by molar-refractivity contribution is 5.29. The molecule has 0 aromatic heterocycles. The summed E-state index contributed by atoms with van der Waals surface area (Å²) in [5, 5.41) is 0. The Labute approximate surface area is 82.2 Å². The molecule has 1 saturated heterocycles. The average Bonchev–Trinajstić information content (AvgIpc) is 2.60. The average molecular weight is 182 g/mol. The molecule has 13 heavy (non-hydrogen) atoms. The van der Waals surface area contributed by atoms with Crippen LogP contribution in [0.1, 0.15) is 41.5 Å². The normalized spacial score (nSPS) is 28.8. The molecule has 0 aromatic carbocycles. The minimum Gasteiger partial charge on any atom is -0.364 e. The van der Waals surface area contributed by atoms with Gasteiger partial charge < -0.3 is 4.74 Å². The maximum atomic E-state index is 5.65. The summed E-state index contributed by atoms with van der Waals surface area (Å²) in [7, 11) is 0. The Bertz CT molecular complexity index is 220. The predicted octanol–water partition coefficient (Wildman–Crippen LogP) is 3.40. The fourth-order valence-electron chi connectivity index (χ4n) is 1.74. The van der Waals surface area contributed by atoms with Crippen LogP contribution in [0.15, 0.2) is 12.2 Å². The standard InChI is InChI=1S/C12H22O/c1-9(10(2,3)4)12(8-13-12)11(5,6)7/h1,8H2,2-7H3. The molecule has 0 spiro atoms. The van der Waals surface area contributed by atoms with Gasteiger partial charge in [-0.15, -0.1) is 0 Å². The Morgan fingerprint density at radius 3 is 1.62 bits per heavy atom. The van der Waals surface area contributed by atoms with Gasteiger partial charge in [-0.25, -0.2) is 0 Å². The molecule has 0 radical (unpaired) electrons. The number of ether oxygens (including phenoxy) is 1. The van der Waals surface area contributed by atoms with Gasteiger partial charge >= 0.3 is 0 Å². The van der Waals surface area contributed by atoms with Crippen LogP contribution in [-0.4, -0.2) is 12.2 Å². The second-order valence-corrected chi connectivity index (χ2v) is 6.09. The van der Waals surface area contributed by atoms with Crippen molar-refractivity contribution in [1.29, 1.82) is 0 Å². The Balaban J connectivity index is 2.91. The smallest absolute Gasteiger partial charge is 0.118 e. The zero-order chi connectivity index (χ0) is 10.5. The van der Waals surface area contributed by atoms with E-state index in [1.807, 2.05) is 0 Å². The number of rotatable bonds is 1. The van der Waals surface area contributed by atoms with Crippen molar-refractivity contribution in [3.05, 3.63) is 12.2 Å². The topological polar surface area (TPSA) is 12.5 Å². The van der Waals surface area contributed by atoms with E-state index in [0.29, 0.717) is 0 Å². The lowest BCUT2D eigenvalue weighted by Gasteiger charge is -2.35. The summed E-state index contributed by atoms with van der Waals surface area (Å²) >= 11 is 0. The zero-order valence-corrected chi connectivity index (χ0v) is 9.82. The highest BCUT2D eigenvalue weighted by Gasteiger charge is 2.58. The Morgan fingerprint density at radius 1 is 1.15 bits per heavy atom. The van der Waals surface area contributed by atoms with Gasteiger partial charge in [-0.1, -0.05) is 48.1 Å². The lowest BCUT2D eigenvalue weighted by molar-refractivity contribution is 0.166. The first-order valence-electron chi connectivity index (χ1n) is 4.95. The Hall–Kier alpha value is -0.300. The first kappa shape index (κ1) is 10.8. The third-order valence-electron chi connectivity index (χ3n) is 3.04.